The van der Waals surface area contributed by atoms with Crippen LogP contribution in [-0.2, 0) is 16.1 Å². The summed E-state index contributed by atoms with van der Waals surface area (Å²) in [7, 11) is 0. The molecule has 0 saturated carbocycles. The van der Waals surface area contributed by atoms with Gasteiger partial charge in [0.2, 0.25) is 5.91 Å². The lowest BCUT2D eigenvalue weighted by atomic mass is 10.1. The Hall–Kier alpha value is -2.34. The molecular weight excluding hydrogens is 432 g/mol. The van der Waals surface area contributed by atoms with Crippen LogP contribution in [0.4, 0.5) is 0 Å². The van der Waals surface area contributed by atoms with E-state index >= 15 is 0 Å². The second kappa shape index (κ2) is 11.0. The van der Waals surface area contributed by atoms with Crippen molar-refractivity contribution < 1.29 is 14.3 Å². The van der Waals surface area contributed by atoms with Crippen LogP contribution >= 0.6 is 15.9 Å². The molecule has 6 heteroatoms. The summed E-state index contributed by atoms with van der Waals surface area (Å²) in [4.78, 5) is 27.2. The minimum atomic E-state index is -0.610. The van der Waals surface area contributed by atoms with E-state index in [1.54, 1.807) is 11.8 Å². The molecule has 2 aromatic rings. The number of rotatable bonds is 9. The molecule has 29 heavy (non-hydrogen) atoms. The SMILES string of the molecule is Cc1cccc(OCC(=O)N(Cc2cccc(Br)c2)C(C)C(=O)NCC(C)C)c1. The highest BCUT2D eigenvalue weighted by Crippen LogP contribution is 2.17. The van der Waals surface area contributed by atoms with E-state index in [9.17, 15) is 9.59 Å². The smallest absolute Gasteiger partial charge is 0.261 e. The average molecular weight is 461 g/mol. The van der Waals surface area contributed by atoms with Crippen LogP contribution in [0.5, 0.6) is 5.75 Å². The third kappa shape index (κ3) is 7.54. The third-order valence-electron chi connectivity index (χ3n) is 4.45. The van der Waals surface area contributed by atoms with Gasteiger partial charge in [-0.2, -0.15) is 0 Å². The molecule has 0 aliphatic carbocycles. The van der Waals surface area contributed by atoms with E-state index in [4.69, 9.17) is 4.74 Å². The topological polar surface area (TPSA) is 58.6 Å². The molecule has 1 atom stereocenters. The van der Waals surface area contributed by atoms with Crippen LogP contribution in [0.2, 0.25) is 0 Å². The number of hydrogen-bond donors (Lipinski definition) is 1. The summed E-state index contributed by atoms with van der Waals surface area (Å²) in [5.74, 6) is 0.569. The Labute approximate surface area is 181 Å². The average Bonchev–Trinajstić information content (AvgIpc) is 2.68. The Morgan fingerprint density at radius 1 is 1.10 bits per heavy atom. The summed E-state index contributed by atoms with van der Waals surface area (Å²) < 4.78 is 6.61. The van der Waals surface area contributed by atoms with Crippen molar-refractivity contribution in [3.8, 4) is 5.75 Å². The van der Waals surface area contributed by atoms with E-state index in [1.165, 1.54) is 0 Å². The fraction of sp³-hybridized carbons (Fsp3) is 0.391. The summed E-state index contributed by atoms with van der Waals surface area (Å²) in [6.45, 7) is 8.55. The summed E-state index contributed by atoms with van der Waals surface area (Å²) in [6, 6.07) is 14.7. The molecule has 0 aliphatic heterocycles. The van der Waals surface area contributed by atoms with Crippen molar-refractivity contribution in [2.45, 2.75) is 40.3 Å². The number of nitrogens with zero attached hydrogens (tertiary/aromatic N) is 1. The minimum Gasteiger partial charge on any atom is -0.484 e. The maximum absolute atomic E-state index is 13.0. The van der Waals surface area contributed by atoms with Gasteiger partial charge in [-0.3, -0.25) is 9.59 Å². The van der Waals surface area contributed by atoms with Crippen LogP contribution in [0.25, 0.3) is 0 Å². The van der Waals surface area contributed by atoms with Crippen LogP contribution in [0.1, 0.15) is 31.9 Å². The van der Waals surface area contributed by atoms with Gasteiger partial charge in [-0.25, -0.2) is 0 Å². The molecule has 0 fully saturated rings. The van der Waals surface area contributed by atoms with Gasteiger partial charge in [-0.15, -0.1) is 0 Å². The largest absolute Gasteiger partial charge is 0.484 e. The molecule has 0 aromatic heterocycles. The Balaban J connectivity index is 2.13. The molecule has 0 heterocycles. The molecule has 0 aliphatic rings. The highest BCUT2D eigenvalue weighted by Gasteiger charge is 2.26. The van der Waals surface area contributed by atoms with Crippen LogP contribution in [-0.4, -0.2) is 35.9 Å². The quantitative estimate of drug-likeness (QED) is 0.605. The number of benzene rings is 2. The summed E-state index contributed by atoms with van der Waals surface area (Å²) in [5.41, 5.74) is 1.99. The lowest BCUT2D eigenvalue weighted by Crippen LogP contribution is -2.49. The Bertz CT molecular complexity index is 838. The molecule has 0 spiro atoms. The first-order chi connectivity index (χ1) is 13.8. The van der Waals surface area contributed by atoms with Gasteiger partial charge in [-0.05, 0) is 55.2 Å². The standard InChI is InChI=1S/C23H29BrN2O3/c1-16(2)13-25-23(28)18(4)26(14-19-8-6-9-20(24)12-19)22(27)15-29-21-10-5-7-17(3)11-21/h5-12,16,18H,13-15H2,1-4H3,(H,25,28). The molecule has 0 bridgehead atoms. The van der Waals surface area contributed by atoms with Crippen LogP contribution in [0, 0.1) is 12.8 Å². The predicted octanol–water partition coefficient (Wildman–Crippen LogP) is 4.33. The van der Waals surface area contributed by atoms with Gasteiger partial charge in [0.05, 0.1) is 0 Å². The molecule has 156 valence electrons. The molecule has 1 unspecified atom stereocenters. The van der Waals surface area contributed by atoms with Crippen molar-refractivity contribution in [2.24, 2.45) is 5.92 Å². The molecular formula is C23H29BrN2O3. The molecule has 0 saturated heterocycles. The predicted molar refractivity (Wildman–Crippen MR) is 119 cm³/mol. The summed E-state index contributed by atoms with van der Waals surface area (Å²) in [6.07, 6.45) is 0. The van der Waals surface area contributed by atoms with Gasteiger partial charge in [0.1, 0.15) is 11.8 Å². The number of carbonyl (C=O) groups excluding carboxylic acids is 2. The third-order valence-corrected chi connectivity index (χ3v) is 4.94. The zero-order valence-corrected chi connectivity index (χ0v) is 19.0. The lowest BCUT2D eigenvalue weighted by Gasteiger charge is -2.29. The molecule has 1 N–H and O–H groups in total. The zero-order chi connectivity index (χ0) is 21.4. The minimum absolute atomic E-state index is 0.126. The lowest BCUT2D eigenvalue weighted by molar-refractivity contribution is -0.142. The van der Waals surface area contributed by atoms with Crippen LogP contribution < -0.4 is 10.1 Å². The number of aryl methyl sites for hydroxylation is 1. The van der Waals surface area contributed by atoms with E-state index in [-0.39, 0.29) is 18.4 Å². The first kappa shape index (κ1) is 22.9. The Morgan fingerprint density at radius 3 is 2.48 bits per heavy atom. The van der Waals surface area contributed by atoms with Crippen LogP contribution in [0.3, 0.4) is 0 Å². The highest BCUT2D eigenvalue weighted by atomic mass is 79.9. The number of halogens is 1. The normalized spacial score (nSPS) is 11.8. The van der Waals surface area contributed by atoms with Gasteiger partial charge in [0.15, 0.2) is 6.61 Å². The van der Waals surface area contributed by atoms with Gasteiger partial charge in [0, 0.05) is 17.6 Å². The van der Waals surface area contributed by atoms with Crippen molar-refractivity contribution in [1.29, 1.82) is 0 Å². The number of carbonyl (C=O) groups is 2. The van der Waals surface area contributed by atoms with Crippen molar-refractivity contribution in [2.75, 3.05) is 13.2 Å². The fourth-order valence-corrected chi connectivity index (χ4v) is 3.25. The first-order valence-corrected chi connectivity index (χ1v) is 10.6. The molecule has 2 rings (SSSR count). The summed E-state index contributed by atoms with van der Waals surface area (Å²) >= 11 is 3.46. The second-order valence-corrected chi connectivity index (χ2v) is 8.49. The molecule has 2 aromatic carbocycles. The van der Waals surface area contributed by atoms with E-state index in [2.05, 4.69) is 21.2 Å². The van der Waals surface area contributed by atoms with E-state index in [0.717, 1.165) is 15.6 Å². The monoisotopic (exact) mass is 460 g/mol. The molecule has 2 amide bonds. The molecule has 0 radical (unpaired) electrons. The van der Waals surface area contributed by atoms with E-state index < -0.39 is 6.04 Å². The van der Waals surface area contributed by atoms with Gasteiger partial charge >= 0.3 is 0 Å². The van der Waals surface area contributed by atoms with Gasteiger partial charge in [-0.1, -0.05) is 54.0 Å². The van der Waals surface area contributed by atoms with Crippen molar-refractivity contribution in [3.05, 3.63) is 64.1 Å². The van der Waals surface area contributed by atoms with E-state index in [0.29, 0.717) is 24.8 Å². The molecule has 5 nitrogen and oxygen atoms in total. The number of nitrogens with one attached hydrogen (secondary N) is 1. The maximum Gasteiger partial charge on any atom is 0.261 e. The van der Waals surface area contributed by atoms with E-state index in [1.807, 2.05) is 69.3 Å². The zero-order valence-electron chi connectivity index (χ0n) is 17.4. The number of ether oxygens (including phenoxy) is 1. The number of hydrogen-bond acceptors (Lipinski definition) is 3. The highest BCUT2D eigenvalue weighted by molar-refractivity contribution is 9.10. The fourth-order valence-electron chi connectivity index (χ4n) is 2.80. The van der Waals surface area contributed by atoms with Crippen molar-refractivity contribution in [3.63, 3.8) is 0 Å². The maximum atomic E-state index is 13.0. The second-order valence-electron chi connectivity index (χ2n) is 7.57. The van der Waals surface area contributed by atoms with Gasteiger partial charge < -0.3 is 15.0 Å². The Morgan fingerprint density at radius 2 is 1.83 bits per heavy atom. The summed E-state index contributed by atoms with van der Waals surface area (Å²) in [5, 5.41) is 2.91. The van der Waals surface area contributed by atoms with Crippen LogP contribution in [0.15, 0.2) is 53.0 Å². The van der Waals surface area contributed by atoms with Gasteiger partial charge in [0.25, 0.3) is 5.91 Å². The Kier molecular flexibility index (Phi) is 8.70. The van der Waals surface area contributed by atoms with Crippen molar-refractivity contribution >= 4 is 27.7 Å². The van der Waals surface area contributed by atoms with Crippen molar-refractivity contribution in [1.82, 2.24) is 10.2 Å². The first-order valence-electron chi connectivity index (χ1n) is 9.77. The number of amides is 2.